The number of halogens is 4. The molecule has 0 heterocycles. The standard InChI is InChI=1S/C18H17Br2ClFNO5S/c1-2-29(26,27)23-15-8-12(21)7-11(17(15)22)9-28-18-13(19)5-10(6-14(18)20)3-4-16(24)25/h5-8,23H,2-4,9H2,1H3,(H,24,25). The van der Waals surface area contributed by atoms with Gasteiger partial charge in [-0.05, 0) is 75.0 Å². The second kappa shape index (κ2) is 10.1. The highest BCUT2D eigenvalue weighted by Gasteiger charge is 2.17. The quantitative estimate of drug-likeness (QED) is 0.421. The number of ether oxygens (including phenoxy) is 1. The Balaban J connectivity index is 2.23. The number of carboxylic acids is 1. The van der Waals surface area contributed by atoms with Gasteiger partial charge in [-0.25, -0.2) is 12.8 Å². The molecule has 0 aliphatic rings. The van der Waals surface area contributed by atoms with Crippen LogP contribution in [0.3, 0.4) is 0 Å². The summed E-state index contributed by atoms with van der Waals surface area (Å²) in [4.78, 5) is 10.7. The monoisotopic (exact) mass is 571 g/mol. The normalized spacial score (nSPS) is 11.3. The summed E-state index contributed by atoms with van der Waals surface area (Å²) < 4.78 is 47.2. The second-order valence-electron chi connectivity index (χ2n) is 6.00. The van der Waals surface area contributed by atoms with Crippen LogP contribution in [0, 0.1) is 5.82 Å². The van der Waals surface area contributed by atoms with Crippen LogP contribution in [0.4, 0.5) is 10.1 Å². The molecule has 2 aromatic carbocycles. The van der Waals surface area contributed by atoms with Crippen molar-refractivity contribution in [2.24, 2.45) is 0 Å². The lowest BCUT2D eigenvalue weighted by Crippen LogP contribution is -2.16. The minimum Gasteiger partial charge on any atom is -0.486 e. The van der Waals surface area contributed by atoms with Crippen LogP contribution in [0.25, 0.3) is 0 Å². The van der Waals surface area contributed by atoms with E-state index < -0.39 is 21.8 Å². The summed E-state index contributed by atoms with van der Waals surface area (Å²) in [6.45, 7) is 1.23. The van der Waals surface area contributed by atoms with Crippen LogP contribution in [0.5, 0.6) is 5.75 Å². The van der Waals surface area contributed by atoms with Crippen LogP contribution in [0.1, 0.15) is 24.5 Å². The van der Waals surface area contributed by atoms with Crippen LogP contribution in [0.15, 0.2) is 33.2 Å². The molecule has 29 heavy (non-hydrogen) atoms. The molecule has 0 unspecified atom stereocenters. The molecule has 2 N–H and O–H groups in total. The first-order chi connectivity index (χ1) is 13.5. The maximum Gasteiger partial charge on any atom is 0.303 e. The number of aryl methyl sites for hydroxylation is 1. The van der Waals surface area contributed by atoms with E-state index in [-0.39, 0.29) is 35.1 Å². The van der Waals surface area contributed by atoms with Gasteiger partial charge in [0, 0.05) is 17.0 Å². The van der Waals surface area contributed by atoms with Crippen molar-refractivity contribution in [2.75, 3.05) is 10.5 Å². The van der Waals surface area contributed by atoms with E-state index in [4.69, 9.17) is 21.4 Å². The predicted molar refractivity (Wildman–Crippen MR) is 117 cm³/mol. The number of carboxylic acid groups (broad SMARTS) is 1. The molecule has 0 fully saturated rings. The fraction of sp³-hybridized carbons (Fsp3) is 0.278. The van der Waals surface area contributed by atoms with Crippen molar-refractivity contribution >= 4 is 65.1 Å². The first kappa shape index (κ1) is 23.9. The summed E-state index contributed by atoms with van der Waals surface area (Å²) in [6, 6.07) is 5.98. The van der Waals surface area contributed by atoms with E-state index in [2.05, 4.69) is 36.6 Å². The third kappa shape index (κ3) is 6.84. The molecule has 2 rings (SSSR count). The average Bonchev–Trinajstić information content (AvgIpc) is 2.62. The summed E-state index contributed by atoms with van der Waals surface area (Å²) in [6.07, 6.45) is 0.333. The van der Waals surface area contributed by atoms with Crippen LogP contribution in [0.2, 0.25) is 5.02 Å². The summed E-state index contributed by atoms with van der Waals surface area (Å²) in [5.74, 6) is -1.50. The van der Waals surface area contributed by atoms with Crippen molar-refractivity contribution in [3.8, 4) is 5.75 Å². The van der Waals surface area contributed by atoms with E-state index in [1.165, 1.54) is 19.1 Å². The van der Waals surface area contributed by atoms with Crippen molar-refractivity contribution in [2.45, 2.75) is 26.4 Å². The number of benzene rings is 2. The molecule has 0 atom stereocenters. The number of nitrogens with one attached hydrogen (secondary N) is 1. The van der Waals surface area contributed by atoms with Gasteiger partial charge in [0.1, 0.15) is 12.4 Å². The molecule has 0 aliphatic carbocycles. The molecule has 0 bridgehead atoms. The number of hydrogen-bond acceptors (Lipinski definition) is 4. The Kier molecular flexibility index (Phi) is 8.33. The Morgan fingerprint density at radius 3 is 2.41 bits per heavy atom. The summed E-state index contributed by atoms with van der Waals surface area (Å²) in [7, 11) is -3.67. The highest BCUT2D eigenvalue weighted by Crippen LogP contribution is 2.36. The molecule has 0 aliphatic heterocycles. The summed E-state index contributed by atoms with van der Waals surface area (Å²) >= 11 is 12.7. The van der Waals surface area contributed by atoms with Crippen LogP contribution in [-0.2, 0) is 27.8 Å². The lowest BCUT2D eigenvalue weighted by molar-refractivity contribution is -0.136. The largest absolute Gasteiger partial charge is 0.486 e. The first-order valence-electron chi connectivity index (χ1n) is 8.33. The first-order valence-corrected chi connectivity index (χ1v) is 11.9. The third-order valence-corrected chi connectivity index (χ3v) is 6.50. The SMILES string of the molecule is CCS(=O)(=O)Nc1cc(Cl)cc(COc2c(Br)cc(CCC(=O)O)cc2Br)c1F. The Labute approximate surface area is 189 Å². The van der Waals surface area contributed by atoms with Crippen molar-refractivity contribution in [3.63, 3.8) is 0 Å². The molecule has 158 valence electrons. The Hall–Kier alpha value is -1.36. The number of anilines is 1. The number of carbonyl (C=O) groups is 1. The molecule has 11 heteroatoms. The Bertz CT molecular complexity index is 1010. The Morgan fingerprint density at radius 1 is 1.24 bits per heavy atom. The minimum absolute atomic E-state index is 0.0107. The van der Waals surface area contributed by atoms with Crippen molar-refractivity contribution < 1.29 is 27.4 Å². The number of hydrogen-bond donors (Lipinski definition) is 2. The lowest BCUT2D eigenvalue weighted by Gasteiger charge is -2.15. The zero-order valence-corrected chi connectivity index (χ0v) is 19.9. The lowest BCUT2D eigenvalue weighted by atomic mass is 10.1. The highest BCUT2D eigenvalue weighted by molar-refractivity contribution is 9.11. The molecule has 0 aromatic heterocycles. The third-order valence-electron chi connectivity index (χ3n) is 3.82. The molecule has 0 radical (unpaired) electrons. The summed E-state index contributed by atoms with van der Waals surface area (Å²) in [5.41, 5.74) is 0.601. The maximum atomic E-state index is 14.7. The molecule has 6 nitrogen and oxygen atoms in total. The van der Waals surface area contributed by atoms with E-state index in [0.717, 1.165) is 5.56 Å². The zero-order chi connectivity index (χ0) is 21.8. The molecule has 0 spiro atoms. The highest BCUT2D eigenvalue weighted by atomic mass is 79.9. The number of rotatable bonds is 9. The molecule has 0 saturated carbocycles. The van der Waals surface area contributed by atoms with E-state index in [0.29, 0.717) is 21.1 Å². The van der Waals surface area contributed by atoms with E-state index in [1.54, 1.807) is 12.1 Å². The number of sulfonamides is 1. The summed E-state index contributed by atoms with van der Waals surface area (Å²) in [5, 5.41) is 8.95. The molecular weight excluding hydrogens is 557 g/mol. The van der Waals surface area contributed by atoms with Crippen LogP contribution >= 0.6 is 43.5 Å². The van der Waals surface area contributed by atoms with Gasteiger partial charge < -0.3 is 9.84 Å². The molecule has 0 saturated heterocycles. The van der Waals surface area contributed by atoms with Gasteiger partial charge in [0.05, 0.1) is 20.4 Å². The topological polar surface area (TPSA) is 92.7 Å². The maximum absolute atomic E-state index is 14.7. The molecule has 0 amide bonds. The van der Waals surface area contributed by atoms with Crippen LogP contribution in [-0.4, -0.2) is 25.2 Å². The Morgan fingerprint density at radius 2 is 1.86 bits per heavy atom. The second-order valence-corrected chi connectivity index (χ2v) is 10.2. The van der Waals surface area contributed by atoms with Gasteiger partial charge in [0.2, 0.25) is 10.0 Å². The zero-order valence-electron chi connectivity index (χ0n) is 15.1. The van der Waals surface area contributed by atoms with Gasteiger partial charge in [-0.3, -0.25) is 9.52 Å². The smallest absolute Gasteiger partial charge is 0.303 e. The van der Waals surface area contributed by atoms with E-state index in [9.17, 15) is 17.6 Å². The fourth-order valence-electron chi connectivity index (χ4n) is 2.36. The van der Waals surface area contributed by atoms with Crippen LogP contribution < -0.4 is 9.46 Å². The van der Waals surface area contributed by atoms with Crippen molar-refractivity contribution in [1.82, 2.24) is 0 Å². The van der Waals surface area contributed by atoms with Crippen molar-refractivity contribution in [1.29, 1.82) is 0 Å². The molecular formula is C18H17Br2ClFNO5S. The molecule has 2 aromatic rings. The van der Waals surface area contributed by atoms with Gasteiger partial charge in [0.15, 0.2) is 5.82 Å². The minimum atomic E-state index is -3.67. The van der Waals surface area contributed by atoms with Gasteiger partial charge in [-0.2, -0.15) is 0 Å². The van der Waals surface area contributed by atoms with Gasteiger partial charge in [-0.15, -0.1) is 0 Å². The van der Waals surface area contributed by atoms with Gasteiger partial charge in [0.25, 0.3) is 0 Å². The van der Waals surface area contributed by atoms with Crippen molar-refractivity contribution in [3.05, 3.63) is 55.2 Å². The van der Waals surface area contributed by atoms with E-state index >= 15 is 0 Å². The predicted octanol–water partition coefficient (Wildman–Crippen LogP) is 5.36. The average molecular weight is 574 g/mol. The number of aliphatic carboxylic acids is 1. The van der Waals surface area contributed by atoms with Gasteiger partial charge >= 0.3 is 5.97 Å². The van der Waals surface area contributed by atoms with E-state index in [1.807, 2.05) is 0 Å². The van der Waals surface area contributed by atoms with Gasteiger partial charge in [-0.1, -0.05) is 11.6 Å². The fourth-order valence-corrected chi connectivity index (χ4v) is 4.74.